The van der Waals surface area contributed by atoms with Crippen molar-refractivity contribution in [3.05, 3.63) is 195 Å². The summed E-state index contributed by atoms with van der Waals surface area (Å²) >= 11 is 0. The summed E-state index contributed by atoms with van der Waals surface area (Å²) in [6, 6.07) is 61.9. The predicted octanol–water partition coefficient (Wildman–Crippen LogP) is 8.73. The molecule has 0 unspecified atom stereocenters. The summed E-state index contributed by atoms with van der Waals surface area (Å²) in [5, 5.41) is 15.8. The van der Waals surface area contributed by atoms with Crippen molar-refractivity contribution in [2.75, 3.05) is 0 Å². The summed E-state index contributed by atoms with van der Waals surface area (Å²) in [6.45, 7) is 11.1. The molecular formula is C51H40Cl2Ti-4. The van der Waals surface area contributed by atoms with Gasteiger partial charge in [0.25, 0.3) is 0 Å². The van der Waals surface area contributed by atoms with E-state index in [4.69, 9.17) is 0 Å². The molecule has 0 saturated carbocycles. The zero-order valence-electron chi connectivity index (χ0n) is 30.5. The van der Waals surface area contributed by atoms with Gasteiger partial charge >= 0.3 is 21.7 Å². The zero-order valence-corrected chi connectivity index (χ0v) is 33.6. The number of hydrogen-bond donors (Lipinski definition) is 0. The maximum absolute atomic E-state index is 3.38. The summed E-state index contributed by atoms with van der Waals surface area (Å²) in [4.78, 5) is 0. The van der Waals surface area contributed by atoms with E-state index in [9.17, 15) is 0 Å². The monoisotopic (exact) mass is 770 g/mol. The summed E-state index contributed by atoms with van der Waals surface area (Å²) in [7, 11) is 0. The van der Waals surface area contributed by atoms with Gasteiger partial charge in [0.15, 0.2) is 0 Å². The van der Waals surface area contributed by atoms with E-state index < -0.39 is 0 Å². The van der Waals surface area contributed by atoms with Crippen LogP contribution in [0.5, 0.6) is 0 Å². The van der Waals surface area contributed by atoms with Gasteiger partial charge < -0.3 is 45.1 Å². The van der Waals surface area contributed by atoms with Crippen molar-refractivity contribution < 1.29 is 46.5 Å². The van der Waals surface area contributed by atoms with Gasteiger partial charge in [-0.2, -0.15) is 12.1 Å². The molecule has 0 atom stereocenters. The third-order valence-corrected chi connectivity index (χ3v) is 9.87. The van der Waals surface area contributed by atoms with E-state index in [1.165, 1.54) is 98.0 Å². The quantitative estimate of drug-likeness (QED) is 0.0938. The first-order valence-corrected chi connectivity index (χ1v) is 17.8. The van der Waals surface area contributed by atoms with E-state index in [1.54, 1.807) is 0 Å². The van der Waals surface area contributed by atoms with Crippen LogP contribution in [0.4, 0.5) is 0 Å². The molecule has 0 spiro atoms. The third-order valence-electron chi connectivity index (χ3n) is 9.87. The van der Waals surface area contributed by atoms with Crippen LogP contribution < -0.4 is 24.8 Å². The fourth-order valence-corrected chi connectivity index (χ4v) is 7.81. The Labute approximate surface area is 346 Å². The molecule has 0 aliphatic rings. The first kappa shape index (κ1) is 40.5. The molecule has 0 radical (unpaired) electrons. The van der Waals surface area contributed by atoms with Crippen molar-refractivity contribution in [2.45, 2.75) is 20.3 Å². The minimum absolute atomic E-state index is 0. The number of aryl methyl sites for hydroxylation is 2. The molecule has 0 fully saturated rings. The van der Waals surface area contributed by atoms with Crippen molar-refractivity contribution in [2.24, 2.45) is 0 Å². The smallest absolute Gasteiger partial charge is 1.00 e. The average Bonchev–Trinajstić information content (AvgIpc) is 3.74. The van der Waals surface area contributed by atoms with Crippen molar-refractivity contribution in [1.82, 2.24) is 0 Å². The van der Waals surface area contributed by atoms with Gasteiger partial charge in [0.05, 0.1) is 0 Å². The van der Waals surface area contributed by atoms with Crippen LogP contribution in [0, 0.1) is 27.7 Å². The van der Waals surface area contributed by atoms with Gasteiger partial charge in [0.1, 0.15) is 0 Å². The van der Waals surface area contributed by atoms with Crippen molar-refractivity contribution >= 4 is 64.6 Å². The minimum atomic E-state index is 0. The number of rotatable bonds is 2. The number of benzene rings is 8. The fourth-order valence-electron chi connectivity index (χ4n) is 7.81. The molecule has 0 aliphatic heterocycles. The average molecular weight is 772 g/mol. The Kier molecular flexibility index (Phi) is 13.2. The van der Waals surface area contributed by atoms with E-state index in [0.29, 0.717) is 0 Å². The molecule has 266 valence electrons. The molecule has 0 bridgehead atoms. The van der Waals surface area contributed by atoms with Crippen molar-refractivity contribution in [3.8, 4) is 22.3 Å². The Morgan fingerprint density at radius 2 is 0.685 bits per heavy atom. The normalized spacial score (nSPS) is 10.6. The zero-order chi connectivity index (χ0) is 34.9. The molecule has 0 N–H and O–H groups in total. The van der Waals surface area contributed by atoms with Crippen molar-refractivity contribution in [3.63, 3.8) is 0 Å². The van der Waals surface area contributed by atoms with Gasteiger partial charge in [-0.3, -0.25) is 0 Å². The molecule has 0 aromatic heterocycles. The van der Waals surface area contributed by atoms with Gasteiger partial charge in [-0.1, -0.05) is 134 Å². The number of halogens is 2. The SMILES string of the molecule is Cc1cc2c(-c3c4ccccc4cc4ccccc34)cccc2[cH-]1.Cc1cc2c(-c3c4ccccc4cc4ccccc34)cccc2[cH-]1.[CH2-]C[CH2-].[Cl-].[Cl-].[Ti+2]. The summed E-state index contributed by atoms with van der Waals surface area (Å²) in [6.07, 6.45) is 0.750. The van der Waals surface area contributed by atoms with Crippen LogP contribution >= 0.6 is 0 Å². The second-order valence-corrected chi connectivity index (χ2v) is 13.4. The van der Waals surface area contributed by atoms with Gasteiger partial charge in [0, 0.05) is 0 Å². The largest absolute Gasteiger partial charge is 2.00 e. The first-order valence-electron chi connectivity index (χ1n) is 17.8. The molecule has 0 aliphatic carbocycles. The molecule has 10 aromatic rings. The van der Waals surface area contributed by atoms with Gasteiger partial charge in [0.2, 0.25) is 0 Å². The van der Waals surface area contributed by atoms with Crippen LogP contribution in [0.3, 0.4) is 0 Å². The fraction of sp³-hybridized carbons (Fsp3) is 0.0588. The van der Waals surface area contributed by atoms with Gasteiger partial charge in [-0.15, -0.1) is 69.1 Å². The molecule has 0 amide bonds. The summed E-state index contributed by atoms with van der Waals surface area (Å²) < 4.78 is 0. The first-order chi connectivity index (χ1) is 25.0. The van der Waals surface area contributed by atoms with Gasteiger partial charge in [-0.25, -0.2) is 0 Å². The van der Waals surface area contributed by atoms with Crippen molar-refractivity contribution in [1.29, 1.82) is 0 Å². The van der Waals surface area contributed by atoms with Crippen LogP contribution in [0.1, 0.15) is 17.5 Å². The summed E-state index contributed by atoms with van der Waals surface area (Å²) in [5.41, 5.74) is 7.99. The third kappa shape index (κ3) is 7.63. The Balaban J connectivity index is 0.000000184. The molecule has 0 saturated heterocycles. The van der Waals surface area contributed by atoms with Crippen LogP contribution in [0.25, 0.3) is 86.9 Å². The Bertz CT molecular complexity index is 2530. The second kappa shape index (κ2) is 17.6. The van der Waals surface area contributed by atoms with E-state index in [0.717, 1.165) is 6.42 Å². The molecule has 0 heterocycles. The maximum atomic E-state index is 3.38. The minimum Gasteiger partial charge on any atom is -1.00 e. The van der Waals surface area contributed by atoms with Gasteiger partial charge in [-0.05, 0) is 66.3 Å². The molecular weight excluding hydrogens is 731 g/mol. The van der Waals surface area contributed by atoms with Crippen LogP contribution in [-0.2, 0) is 21.7 Å². The predicted molar refractivity (Wildman–Crippen MR) is 225 cm³/mol. The Morgan fingerprint density at radius 1 is 0.389 bits per heavy atom. The van der Waals surface area contributed by atoms with E-state index in [1.807, 2.05) is 0 Å². The molecule has 0 nitrogen and oxygen atoms in total. The molecule has 10 rings (SSSR count). The molecule has 3 heteroatoms. The van der Waals surface area contributed by atoms with Crippen LogP contribution in [-0.4, -0.2) is 0 Å². The van der Waals surface area contributed by atoms with E-state index in [-0.39, 0.29) is 46.5 Å². The van der Waals surface area contributed by atoms with Crippen LogP contribution in [0.2, 0.25) is 0 Å². The molecule has 54 heavy (non-hydrogen) atoms. The number of fused-ring (bicyclic) bond motifs is 6. The molecule has 10 aromatic carbocycles. The maximum Gasteiger partial charge on any atom is 2.00 e. The van der Waals surface area contributed by atoms with Crippen LogP contribution in [0.15, 0.2) is 170 Å². The Morgan fingerprint density at radius 3 is 1.00 bits per heavy atom. The summed E-state index contributed by atoms with van der Waals surface area (Å²) in [5.74, 6) is 0. The second-order valence-electron chi connectivity index (χ2n) is 13.4. The van der Waals surface area contributed by atoms with E-state index in [2.05, 4.69) is 198 Å². The Hall–Kier alpha value is -4.69. The van der Waals surface area contributed by atoms with E-state index >= 15 is 0 Å². The number of hydrogen-bond acceptors (Lipinski definition) is 0. The topological polar surface area (TPSA) is 0 Å². The standard InChI is InChI=1S/2C24H17.C3H6.2ClH.Ti/c2*1-16-13-17-9-6-12-22(23(17)14-16)24-20-10-4-2-7-18(20)15-19-8-3-5-11-21(19)24;1-3-2;;;/h2*2-15H,1H3;1-3H2;2*1H;/q2*-1;-2;;;+2/p-2.